The average molecular weight is 165 g/mol. The van der Waals surface area contributed by atoms with Crippen molar-refractivity contribution in [3.63, 3.8) is 0 Å². The van der Waals surface area contributed by atoms with Crippen molar-refractivity contribution >= 4 is 0 Å². The van der Waals surface area contributed by atoms with E-state index >= 15 is 0 Å². The molecule has 3 heteroatoms. The van der Waals surface area contributed by atoms with Crippen molar-refractivity contribution in [2.45, 2.75) is 24.9 Å². The minimum absolute atomic E-state index is 0.217. The fourth-order valence-corrected chi connectivity index (χ4v) is 1.82. The summed E-state index contributed by atoms with van der Waals surface area (Å²) in [4.78, 5) is 2.29. The summed E-state index contributed by atoms with van der Waals surface area (Å²) in [5.41, 5.74) is 0. The number of hydrogen-bond donors (Lipinski definition) is 1. The van der Waals surface area contributed by atoms with Crippen molar-refractivity contribution in [3.05, 3.63) is 0 Å². The van der Waals surface area contributed by atoms with Gasteiger partial charge in [0.2, 0.25) is 0 Å². The molecule has 2 fully saturated rings. The number of rotatable bonds is 3. The lowest BCUT2D eigenvalue weighted by molar-refractivity contribution is 0.0943. The minimum Gasteiger partial charge on any atom is -0.315 e. The molecule has 2 rings (SSSR count). The highest BCUT2D eigenvalue weighted by Gasteiger charge is 2.40. The summed E-state index contributed by atoms with van der Waals surface area (Å²) >= 11 is 0. The van der Waals surface area contributed by atoms with Crippen LogP contribution in [-0.4, -0.2) is 37.1 Å². The van der Waals surface area contributed by atoms with Crippen LogP contribution in [0.25, 0.3) is 0 Å². The van der Waals surface area contributed by atoms with Gasteiger partial charge in [0.15, 0.2) is 0 Å². The third-order valence-corrected chi connectivity index (χ3v) is 2.91. The summed E-state index contributed by atoms with van der Waals surface area (Å²) in [5, 5.41) is 12.1. The summed E-state index contributed by atoms with van der Waals surface area (Å²) < 4.78 is 0. The predicted octanol–water partition coefficient (Wildman–Crippen LogP) is 0.192. The van der Waals surface area contributed by atoms with Gasteiger partial charge in [-0.3, -0.25) is 4.90 Å². The highest BCUT2D eigenvalue weighted by molar-refractivity contribution is 5.06. The zero-order chi connectivity index (χ0) is 8.55. The van der Waals surface area contributed by atoms with E-state index in [1.54, 1.807) is 0 Å². The van der Waals surface area contributed by atoms with Gasteiger partial charge in [-0.1, -0.05) is 0 Å². The maximum atomic E-state index is 8.92. The lowest BCUT2D eigenvalue weighted by Crippen LogP contribution is -2.60. The monoisotopic (exact) mass is 165 g/mol. The van der Waals surface area contributed by atoms with Gasteiger partial charge >= 0.3 is 0 Å². The molecule has 1 saturated carbocycles. The lowest BCUT2D eigenvalue weighted by Gasteiger charge is -2.41. The minimum atomic E-state index is 0.217. The second-order valence-electron chi connectivity index (χ2n) is 3.85. The van der Waals surface area contributed by atoms with E-state index in [9.17, 15) is 0 Å². The van der Waals surface area contributed by atoms with E-state index in [4.69, 9.17) is 5.26 Å². The van der Waals surface area contributed by atoms with E-state index in [0.717, 1.165) is 13.1 Å². The molecule has 1 heterocycles. The summed E-state index contributed by atoms with van der Waals surface area (Å²) in [7, 11) is 1.99. The maximum absolute atomic E-state index is 8.92. The molecule has 0 spiro atoms. The molecule has 0 amide bonds. The average Bonchev–Trinajstić information content (AvgIpc) is 2.78. The maximum Gasteiger partial charge on any atom is 0.101 e. The number of hydrogen-bond acceptors (Lipinski definition) is 3. The van der Waals surface area contributed by atoms with Gasteiger partial charge in [0.1, 0.15) is 6.04 Å². The first-order valence-electron chi connectivity index (χ1n) is 4.66. The standard InChI is InChI=1S/C9H15N3/c1-11-8-5-12(6-8)9(4-10)7-2-3-7/h7-9,11H,2-3,5-6H2,1H3/t9-/m0/s1. The Kier molecular flexibility index (Phi) is 2.03. The van der Waals surface area contributed by atoms with Crippen molar-refractivity contribution in [3.8, 4) is 6.07 Å². The van der Waals surface area contributed by atoms with E-state index in [-0.39, 0.29) is 6.04 Å². The van der Waals surface area contributed by atoms with Crippen LogP contribution in [0.5, 0.6) is 0 Å². The summed E-state index contributed by atoms with van der Waals surface area (Å²) in [6.45, 7) is 2.12. The fraction of sp³-hybridized carbons (Fsp3) is 0.889. The highest BCUT2D eigenvalue weighted by Crippen LogP contribution is 2.36. The molecule has 0 unspecified atom stereocenters. The van der Waals surface area contributed by atoms with Crippen LogP contribution in [0.15, 0.2) is 0 Å². The number of likely N-dealkylation sites (N-methyl/N-ethyl adjacent to an activating group) is 1. The molecule has 3 nitrogen and oxygen atoms in total. The van der Waals surface area contributed by atoms with Crippen LogP contribution in [-0.2, 0) is 0 Å². The summed E-state index contributed by atoms with van der Waals surface area (Å²) in [5.74, 6) is 0.688. The Balaban J connectivity index is 1.81. The largest absolute Gasteiger partial charge is 0.315 e. The van der Waals surface area contributed by atoms with Crippen LogP contribution in [0.4, 0.5) is 0 Å². The second-order valence-corrected chi connectivity index (χ2v) is 3.85. The zero-order valence-electron chi connectivity index (χ0n) is 7.45. The Hall–Kier alpha value is -0.590. The zero-order valence-corrected chi connectivity index (χ0v) is 7.45. The Bertz CT molecular complexity index is 198. The van der Waals surface area contributed by atoms with E-state index < -0.39 is 0 Å². The Labute approximate surface area is 73.3 Å². The third-order valence-electron chi connectivity index (χ3n) is 2.91. The first-order chi connectivity index (χ1) is 5.85. The molecule has 66 valence electrons. The van der Waals surface area contributed by atoms with E-state index in [1.807, 2.05) is 7.05 Å². The molecule has 0 aromatic carbocycles. The molecule has 12 heavy (non-hydrogen) atoms. The summed E-state index contributed by atoms with van der Waals surface area (Å²) in [6, 6.07) is 3.25. The number of nitrogens with zero attached hydrogens (tertiary/aromatic N) is 2. The Morgan fingerprint density at radius 1 is 1.50 bits per heavy atom. The molecule has 2 aliphatic rings. The van der Waals surface area contributed by atoms with Gasteiger partial charge in [0.05, 0.1) is 6.07 Å². The van der Waals surface area contributed by atoms with Crippen molar-refractivity contribution in [2.75, 3.05) is 20.1 Å². The molecule has 0 radical (unpaired) electrons. The van der Waals surface area contributed by atoms with Crippen molar-refractivity contribution in [2.24, 2.45) is 5.92 Å². The van der Waals surface area contributed by atoms with Gasteiger partial charge in [-0.05, 0) is 25.8 Å². The van der Waals surface area contributed by atoms with Crippen LogP contribution < -0.4 is 5.32 Å². The van der Waals surface area contributed by atoms with Gasteiger partial charge in [0, 0.05) is 19.1 Å². The van der Waals surface area contributed by atoms with Crippen LogP contribution in [0.1, 0.15) is 12.8 Å². The Morgan fingerprint density at radius 2 is 2.17 bits per heavy atom. The molecule has 1 N–H and O–H groups in total. The van der Waals surface area contributed by atoms with Gasteiger partial charge in [-0.2, -0.15) is 5.26 Å². The van der Waals surface area contributed by atoms with Crippen LogP contribution in [0, 0.1) is 17.2 Å². The molecule has 0 bridgehead atoms. The van der Waals surface area contributed by atoms with Gasteiger partial charge in [-0.25, -0.2) is 0 Å². The molecular weight excluding hydrogens is 150 g/mol. The molecule has 1 atom stereocenters. The van der Waals surface area contributed by atoms with Crippen LogP contribution in [0.3, 0.4) is 0 Å². The summed E-state index contributed by atoms with van der Waals surface area (Å²) in [6.07, 6.45) is 2.53. The van der Waals surface area contributed by atoms with Gasteiger partial charge in [-0.15, -0.1) is 0 Å². The molecule has 1 aliphatic heterocycles. The van der Waals surface area contributed by atoms with Crippen LogP contribution in [0.2, 0.25) is 0 Å². The van der Waals surface area contributed by atoms with Crippen molar-refractivity contribution < 1.29 is 0 Å². The van der Waals surface area contributed by atoms with Crippen molar-refractivity contribution in [1.29, 1.82) is 5.26 Å². The van der Waals surface area contributed by atoms with E-state index in [1.165, 1.54) is 12.8 Å². The highest BCUT2D eigenvalue weighted by atomic mass is 15.3. The topological polar surface area (TPSA) is 39.1 Å². The van der Waals surface area contributed by atoms with Crippen LogP contribution >= 0.6 is 0 Å². The molecular formula is C9H15N3. The first kappa shape index (κ1) is 8.03. The molecule has 1 aliphatic carbocycles. The fourth-order valence-electron chi connectivity index (χ4n) is 1.82. The number of likely N-dealkylation sites (tertiary alicyclic amines) is 1. The molecule has 1 saturated heterocycles. The first-order valence-corrected chi connectivity index (χ1v) is 4.66. The van der Waals surface area contributed by atoms with Gasteiger partial charge < -0.3 is 5.32 Å². The second kappa shape index (κ2) is 3.04. The van der Waals surface area contributed by atoms with E-state index in [0.29, 0.717) is 12.0 Å². The Morgan fingerprint density at radius 3 is 2.58 bits per heavy atom. The van der Waals surface area contributed by atoms with Crippen molar-refractivity contribution in [1.82, 2.24) is 10.2 Å². The third kappa shape index (κ3) is 1.33. The predicted molar refractivity (Wildman–Crippen MR) is 46.5 cm³/mol. The smallest absolute Gasteiger partial charge is 0.101 e. The van der Waals surface area contributed by atoms with E-state index in [2.05, 4.69) is 16.3 Å². The van der Waals surface area contributed by atoms with Gasteiger partial charge in [0.25, 0.3) is 0 Å². The SMILES string of the molecule is CNC1CN([C@@H](C#N)C2CC2)C1. The normalized spacial score (nSPS) is 27.7. The molecule has 0 aromatic rings. The quantitative estimate of drug-likeness (QED) is 0.649. The number of nitrogens with one attached hydrogen (secondary N) is 1. The lowest BCUT2D eigenvalue weighted by atomic mass is 10.0. The number of nitriles is 1. The molecule has 0 aromatic heterocycles.